The summed E-state index contributed by atoms with van der Waals surface area (Å²) in [6.45, 7) is 1.42. The van der Waals surface area contributed by atoms with Crippen molar-refractivity contribution >= 4 is 29.3 Å². The number of carbonyl (C=O) groups is 2. The van der Waals surface area contributed by atoms with Crippen LogP contribution in [-0.4, -0.2) is 26.0 Å². The van der Waals surface area contributed by atoms with Crippen molar-refractivity contribution in [2.24, 2.45) is 0 Å². The number of carbonyl (C=O) groups excluding carboxylic acids is 2. The van der Waals surface area contributed by atoms with Crippen molar-refractivity contribution in [3.05, 3.63) is 54.1 Å². The molecule has 0 bridgehead atoms. The van der Waals surface area contributed by atoms with Crippen LogP contribution in [0.25, 0.3) is 6.08 Å². The second kappa shape index (κ2) is 8.54. The number of methoxy groups -OCH3 is 2. The van der Waals surface area contributed by atoms with E-state index in [2.05, 4.69) is 10.6 Å². The Morgan fingerprint density at radius 1 is 0.960 bits per heavy atom. The first-order valence-corrected chi connectivity index (χ1v) is 7.60. The molecule has 2 aromatic carbocycles. The largest absolute Gasteiger partial charge is 0.497 e. The molecule has 0 radical (unpaired) electrons. The van der Waals surface area contributed by atoms with Crippen molar-refractivity contribution in [3.8, 4) is 11.5 Å². The van der Waals surface area contributed by atoms with Gasteiger partial charge in [0.05, 0.1) is 19.9 Å². The zero-order chi connectivity index (χ0) is 18.2. The molecule has 2 aromatic rings. The number of amides is 2. The summed E-state index contributed by atoms with van der Waals surface area (Å²) in [6.07, 6.45) is 3.15. The Balaban J connectivity index is 2.04. The Hall–Kier alpha value is -3.28. The molecule has 0 aliphatic rings. The predicted octanol–water partition coefficient (Wildman–Crippen LogP) is 3.31. The molecule has 0 aliphatic carbocycles. The number of nitrogens with one attached hydrogen (secondary N) is 2. The summed E-state index contributed by atoms with van der Waals surface area (Å²) in [5, 5.41) is 5.41. The number of benzene rings is 2. The van der Waals surface area contributed by atoms with Crippen LogP contribution < -0.4 is 20.1 Å². The van der Waals surface area contributed by atoms with Crippen LogP contribution in [0.1, 0.15) is 12.5 Å². The van der Waals surface area contributed by atoms with E-state index in [0.717, 1.165) is 11.3 Å². The SMILES string of the molecule is COc1ccc(/C=C/C(=O)Nc2ccc(NC(C)=O)c(OC)c2)cc1. The van der Waals surface area contributed by atoms with E-state index in [1.165, 1.54) is 20.1 Å². The van der Waals surface area contributed by atoms with Gasteiger partial charge in [-0.3, -0.25) is 9.59 Å². The number of rotatable bonds is 6. The Morgan fingerprint density at radius 2 is 1.68 bits per heavy atom. The second-order valence-corrected chi connectivity index (χ2v) is 5.19. The van der Waals surface area contributed by atoms with Gasteiger partial charge in [0.2, 0.25) is 11.8 Å². The van der Waals surface area contributed by atoms with E-state index >= 15 is 0 Å². The molecule has 25 heavy (non-hydrogen) atoms. The minimum absolute atomic E-state index is 0.197. The summed E-state index contributed by atoms with van der Waals surface area (Å²) >= 11 is 0. The lowest BCUT2D eigenvalue weighted by atomic mass is 10.2. The first-order chi connectivity index (χ1) is 12.0. The highest BCUT2D eigenvalue weighted by Gasteiger charge is 2.07. The highest BCUT2D eigenvalue weighted by atomic mass is 16.5. The molecule has 0 saturated heterocycles. The lowest BCUT2D eigenvalue weighted by Crippen LogP contribution is -2.10. The van der Waals surface area contributed by atoms with E-state index in [9.17, 15) is 9.59 Å². The molecule has 0 heterocycles. The van der Waals surface area contributed by atoms with Gasteiger partial charge in [-0.2, -0.15) is 0 Å². The van der Waals surface area contributed by atoms with Gasteiger partial charge in [0, 0.05) is 24.8 Å². The Bertz CT molecular complexity index is 783. The molecular weight excluding hydrogens is 320 g/mol. The van der Waals surface area contributed by atoms with Gasteiger partial charge >= 0.3 is 0 Å². The van der Waals surface area contributed by atoms with Gasteiger partial charge < -0.3 is 20.1 Å². The lowest BCUT2D eigenvalue weighted by molar-refractivity contribution is -0.114. The van der Waals surface area contributed by atoms with Crippen LogP contribution in [-0.2, 0) is 9.59 Å². The Labute approximate surface area is 146 Å². The van der Waals surface area contributed by atoms with Crippen molar-refractivity contribution < 1.29 is 19.1 Å². The maximum atomic E-state index is 12.0. The van der Waals surface area contributed by atoms with Gasteiger partial charge in [0.1, 0.15) is 11.5 Å². The van der Waals surface area contributed by atoms with E-state index in [4.69, 9.17) is 9.47 Å². The summed E-state index contributed by atoms with van der Waals surface area (Å²) in [5.74, 6) is 0.753. The molecule has 2 rings (SSSR count). The average molecular weight is 340 g/mol. The number of anilines is 2. The molecule has 2 N–H and O–H groups in total. The molecule has 0 aliphatic heterocycles. The van der Waals surface area contributed by atoms with Crippen molar-refractivity contribution in [2.75, 3.05) is 24.9 Å². The predicted molar refractivity (Wildman–Crippen MR) is 98.0 cm³/mol. The Kier molecular flexibility index (Phi) is 6.17. The summed E-state index contributed by atoms with van der Waals surface area (Å²) in [6, 6.07) is 12.4. The van der Waals surface area contributed by atoms with Gasteiger partial charge in [-0.25, -0.2) is 0 Å². The van der Waals surface area contributed by atoms with Crippen LogP contribution in [0.15, 0.2) is 48.5 Å². The van der Waals surface area contributed by atoms with Crippen LogP contribution in [0.5, 0.6) is 11.5 Å². The standard InChI is InChI=1S/C19H20N2O4/c1-13(22)20-17-10-7-15(12-18(17)25-3)21-19(23)11-6-14-4-8-16(24-2)9-5-14/h4-12H,1-3H3,(H,20,22)(H,21,23)/b11-6+. The van der Waals surface area contributed by atoms with Crippen molar-refractivity contribution in [1.82, 2.24) is 0 Å². The van der Waals surface area contributed by atoms with Crippen LogP contribution in [0.2, 0.25) is 0 Å². The van der Waals surface area contributed by atoms with E-state index in [0.29, 0.717) is 17.1 Å². The molecule has 0 aromatic heterocycles. The van der Waals surface area contributed by atoms with E-state index in [1.807, 2.05) is 24.3 Å². The summed E-state index contributed by atoms with van der Waals surface area (Å²) in [7, 11) is 3.10. The van der Waals surface area contributed by atoms with Gasteiger partial charge in [0.25, 0.3) is 0 Å². The first-order valence-electron chi connectivity index (χ1n) is 7.60. The van der Waals surface area contributed by atoms with Crippen LogP contribution in [0.3, 0.4) is 0 Å². The van der Waals surface area contributed by atoms with Crippen LogP contribution in [0, 0.1) is 0 Å². The maximum absolute atomic E-state index is 12.0. The number of hydrogen-bond acceptors (Lipinski definition) is 4. The maximum Gasteiger partial charge on any atom is 0.248 e. The fourth-order valence-electron chi connectivity index (χ4n) is 2.13. The molecule has 2 amide bonds. The third-order valence-electron chi connectivity index (χ3n) is 3.32. The minimum atomic E-state index is -0.273. The molecule has 0 unspecified atom stereocenters. The summed E-state index contributed by atoms with van der Waals surface area (Å²) in [4.78, 5) is 23.2. The van der Waals surface area contributed by atoms with Crippen molar-refractivity contribution in [1.29, 1.82) is 0 Å². The first kappa shape index (κ1) is 18.1. The molecular formula is C19H20N2O4. The monoisotopic (exact) mass is 340 g/mol. The van der Waals surface area contributed by atoms with E-state index in [1.54, 1.807) is 31.4 Å². The minimum Gasteiger partial charge on any atom is -0.497 e. The van der Waals surface area contributed by atoms with Gasteiger partial charge in [0.15, 0.2) is 0 Å². The van der Waals surface area contributed by atoms with E-state index < -0.39 is 0 Å². The highest BCUT2D eigenvalue weighted by Crippen LogP contribution is 2.28. The molecule has 6 nitrogen and oxygen atoms in total. The summed E-state index contributed by atoms with van der Waals surface area (Å²) in [5.41, 5.74) is 1.99. The third-order valence-corrected chi connectivity index (χ3v) is 3.32. The number of hydrogen-bond donors (Lipinski definition) is 2. The smallest absolute Gasteiger partial charge is 0.248 e. The molecule has 0 atom stereocenters. The fraction of sp³-hybridized carbons (Fsp3) is 0.158. The van der Waals surface area contributed by atoms with Gasteiger partial charge in [-0.1, -0.05) is 12.1 Å². The van der Waals surface area contributed by atoms with Crippen molar-refractivity contribution in [2.45, 2.75) is 6.92 Å². The van der Waals surface area contributed by atoms with Crippen LogP contribution in [0.4, 0.5) is 11.4 Å². The Morgan fingerprint density at radius 3 is 2.28 bits per heavy atom. The van der Waals surface area contributed by atoms with Gasteiger partial charge in [-0.15, -0.1) is 0 Å². The van der Waals surface area contributed by atoms with Crippen molar-refractivity contribution in [3.63, 3.8) is 0 Å². The molecule has 0 fully saturated rings. The fourth-order valence-corrected chi connectivity index (χ4v) is 2.13. The molecule has 130 valence electrons. The zero-order valence-electron chi connectivity index (χ0n) is 14.3. The quantitative estimate of drug-likeness (QED) is 0.791. The highest BCUT2D eigenvalue weighted by molar-refractivity contribution is 6.02. The van der Waals surface area contributed by atoms with Gasteiger partial charge in [-0.05, 0) is 35.9 Å². The third kappa shape index (κ3) is 5.39. The summed E-state index contributed by atoms with van der Waals surface area (Å²) < 4.78 is 10.3. The molecule has 6 heteroatoms. The molecule has 0 saturated carbocycles. The zero-order valence-corrected chi connectivity index (χ0v) is 14.3. The number of ether oxygens (including phenoxy) is 2. The average Bonchev–Trinajstić information content (AvgIpc) is 2.61. The van der Waals surface area contributed by atoms with Crippen LogP contribution >= 0.6 is 0 Å². The van der Waals surface area contributed by atoms with E-state index in [-0.39, 0.29) is 11.8 Å². The molecule has 0 spiro atoms. The lowest BCUT2D eigenvalue weighted by Gasteiger charge is -2.11. The topological polar surface area (TPSA) is 76.7 Å². The second-order valence-electron chi connectivity index (χ2n) is 5.19. The normalized spacial score (nSPS) is 10.4.